The maximum Gasteiger partial charge on any atom is 0.243 e. The van der Waals surface area contributed by atoms with Gasteiger partial charge in [-0.2, -0.15) is 0 Å². The largest absolute Gasteiger partial charge is 0.352 e. The normalized spacial score (nSPS) is 14.7. The maximum atomic E-state index is 14.6. The molecule has 1 aliphatic carbocycles. The number of amides is 2. The van der Waals surface area contributed by atoms with Crippen LogP contribution >= 0.6 is 27.5 Å². The SMILES string of the molecule is O=C(NC1CCCCC1)C(Cc1ccccc1)N(Cc1ccc(Br)cc1)C(=O)Cc1c(F)cccc1Cl. The Labute approximate surface area is 231 Å². The van der Waals surface area contributed by atoms with Gasteiger partial charge in [-0.3, -0.25) is 9.59 Å². The summed E-state index contributed by atoms with van der Waals surface area (Å²) < 4.78 is 15.5. The molecule has 2 amide bonds. The summed E-state index contributed by atoms with van der Waals surface area (Å²) in [5, 5.41) is 3.41. The molecule has 194 valence electrons. The number of nitrogens with one attached hydrogen (secondary N) is 1. The number of carbonyl (C=O) groups excluding carboxylic acids is 2. The average molecular weight is 586 g/mol. The first-order chi connectivity index (χ1) is 17.9. The Kier molecular flexibility index (Phi) is 9.75. The van der Waals surface area contributed by atoms with Gasteiger partial charge in [-0.05, 0) is 48.2 Å². The fourth-order valence-electron chi connectivity index (χ4n) is 4.84. The van der Waals surface area contributed by atoms with Gasteiger partial charge in [0.05, 0.1) is 6.42 Å². The third kappa shape index (κ3) is 7.65. The van der Waals surface area contributed by atoms with Crippen LogP contribution in [0.25, 0.3) is 0 Å². The van der Waals surface area contributed by atoms with Crippen molar-refractivity contribution in [2.24, 2.45) is 0 Å². The van der Waals surface area contributed by atoms with Crippen LogP contribution in [0.4, 0.5) is 4.39 Å². The van der Waals surface area contributed by atoms with Gasteiger partial charge in [-0.25, -0.2) is 4.39 Å². The van der Waals surface area contributed by atoms with E-state index in [1.165, 1.54) is 18.6 Å². The van der Waals surface area contributed by atoms with Crippen LogP contribution < -0.4 is 5.32 Å². The Morgan fingerprint density at radius 1 is 0.946 bits per heavy atom. The fraction of sp³-hybridized carbons (Fsp3) is 0.333. The number of rotatable bonds is 9. The monoisotopic (exact) mass is 584 g/mol. The number of benzene rings is 3. The Morgan fingerprint density at radius 2 is 1.65 bits per heavy atom. The van der Waals surface area contributed by atoms with Gasteiger partial charge in [0.1, 0.15) is 11.9 Å². The minimum atomic E-state index is -0.758. The second-order valence-corrected chi connectivity index (χ2v) is 10.9. The van der Waals surface area contributed by atoms with Crippen molar-refractivity contribution in [3.8, 4) is 0 Å². The standard InChI is InChI=1S/C30H31BrClFN2O2/c31-23-16-14-22(15-17-23)20-35(29(36)19-25-26(32)12-7-13-27(25)33)28(18-21-8-3-1-4-9-21)30(37)34-24-10-5-2-6-11-24/h1,3-4,7-9,12-17,24,28H,2,5-6,10-11,18-20H2,(H,34,37). The minimum Gasteiger partial charge on any atom is -0.352 e. The van der Waals surface area contributed by atoms with Gasteiger partial charge >= 0.3 is 0 Å². The number of hydrogen-bond donors (Lipinski definition) is 1. The molecule has 0 radical (unpaired) electrons. The van der Waals surface area contributed by atoms with E-state index in [4.69, 9.17) is 11.6 Å². The molecule has 1 aliphatic rings. The highest BCUT2D eigenvalue weighted by Gasteiger charge is 2.32. The zero-order valence-electron chi connectivity index (χ0n) is 20.6. The summed E-state index contributed by atoms with van der Waals surface area (Å²) in [6.07, 6.45) is 5.35. The molecule has 1 saturated carbocycles. The van der Waals surface area contributed by atoms with Gasteiger partial charge < -0.3 is 10.2 Å². The first kappa shape index (κ1) is 27.3. The lowest BCUT2D eigenvalue weighted by atomic mass is 9.94. The van der Waals surface area contributed by atoms with E-state index in [1.807, 2.05) is 54.6 Å². The summed E-state index contributed by atoms with van der Waals surface area (Å²) >= 11 is 9.71. The Hall–Kier alpha value is -2.70. The van der Waals surface area contributed by atoms with Gasteiger partial charge in [0.25, 0.3) is 0 Å². The van der Waals surface area contributed by atoms with E-state index in [0.717, 1.165) is 41.3 Å². The van der Waals surface area contributed by atoms with Crippen LogP contribution in [0.15, 0.2) is 77.3 Å². The Balaban J connectivity index is 1.68. The fourth-order valence-corrected chi connectivity index (χ4v) is 5.33. The molecule has 1 unspecified atom stereocenters. The molecule has 4 rings (SSSR count). The molecule has 1 N–H and O–H groups in total. The van der Waals surface area contributed by atoms with Crippen molar-refractivity contribution in [1.82, 2.24) is 10.2 Å². The molecule has 1 atom stereocenters. The molecule has 0 bridgehead atoms. The highest BCUT2D eigenvalue weighted by Crippen LogP contribution is 2.24. The molecule has 3 aromatic carbocycles. The highest BCUT2D eigenvalue weighted by molar-refractivity contribution is 9.10. The van der Waals surface area contributed by atoms with E-state index in [-0.39, 0.29) is 41.4 Å². The smallest absolute Gasteiger partial charge is 0.243 e. The van der Waals surface area contributed by atoms with Gasteiger partial charge in [0, 0.05) is 34.1 Å². The predicted molar refractivity (Wildman–Crippen MR) is 149 cm³/mol. The third-order valence-corrected chi connectivity index (χ3v) is 7.76. The molecule has 0 aromatic heterocycles. The van der Waals surface area contributed by atoms with Crippen LogP contribution in [0.1, 0.15) is 48.8 Å². The third-order valence-electron chi connectivity index (χ3n) is 6.88. The molecular formula is C30H31BrClFN2O2. The molecule has 7 heteroatoms. The summed E-state index contributed by atoms with van der Waals surface area (Å²) in [4.78, 5) is 29.2. The van der Waals surface area contributed by atoms with E-state index in [2.05, 4.69) is 21.2 Å². The number of hydrogen-bond acceptors (Lipinski definition) is 2. The van der Waals surface area contributed by atoms with Crippen molar-refractivity contribution in [3.05, 3.63) is 105 Å². The van der Waals surface area contributed by atoms with Crippen molar-refractivity contribution in [2.75, 3.05) is 0 Å². The van der Waals surface area contributed by atoms with Crippen molar-refractivity contribution < 1.29 is 14.0 Å². The molecule has 0 spiro atoms. The predicted octanol–water partition coefficient (Wildman–Crippen LogP) is 6.87. The Bertz CT molecular complexity index is 1180. The average Bonchev–Trinajstić information content (AvgIpc) is 2.90. The van der Waals surface area contributed by atoms with Gasteiger partial charge in [-0.15, -0.1) is 0 Å². The van der Waals surface area contributed by atoms with E-state index >= 15 is 0 Å². The number of nitrogens with zero attached hydrogens (tertiary/aromatic N) is 1. The van der Waals surface area contributed by atoms with Crippen LogP contribution in [0, 0.1) is 5.82 Å². The summed E-state index contributed by atoms with van der Waals surface area (Å²) in [5.74, 6) is -1.06. The van der Waals surface area contributed by atoms with Crippen molar-refractivity contribution in [1.29, 1.82) is 0 Å². The van der Waals surface area contributed by atoms with E-state index in [0.29, 0.717) is 6.42 Å². The minimum absolute atomic E-state index is 0.102. The van der Waals surface area contributed by atoms with E-state index in [9.17, 15) is 14.0 Å². The summed E-state index contributed by atoms with van der Waals surface area (Å²) in [5.41, 5.74) is 1.96. The molecule has 4 nitrogen and oxygen atoms in total. The maximum absolute atomic E-state index is 14.6. The van der Waals surface area contributed by atoms with Crippen LogP contribution in [-0.4, -0.2) is 28.8 Å². The molecule has 1 fully saturated rings. The van der Waals surface area contributed by atoms with Gasteiger partial charge in [-0.1, -0.05) is 95.3 Å². The lowest BCUT2D eigenvalue weighted by molar-refractivity contribution is -0.141. The molecular weight excluding hydrogens is 555 g/mol. The summed E-state index contributed by atoms with van der Waals surface area (Å²) in [6.45, 7) is 0.216. The van der Waals surface area contributed by atoms with Crippen molar-refractivity contribution >= 4 is 39.3 Å². The first-order valence-corrected chi connectivity index (χ1v) is 13.9. The van der Waals surface area contributed by atoms with Gasteiger partial charge in [0.15, 0.2) is 0 Å². The van der Waals surface area contributed by atoms with Crippen LogP contribution in [0.2, 0.25) is 5.02 Å². The topological polar surface area (TPSA) is 49.4 Å². The Morgan fingerprint density at radius 3 is 2.32 bits per heavy atom. The first-order valence-electron chi connectivity index (χ1n) is 12.7. The van der Waals surface area contributed by atoms with Crippen LogP contribution in [0.3, 0.4) is 0 Å². The quantitative estimate of drug-likeness (QED) is 0.298. The number of halogens is 3. The van der Waals surface area contributed by atoms with Crippen molar-refractivity contribution in [2.45, 2.75) is 63.6 Å². The summed E-state index contributed by atoms with van der Waals surface area (Å²) in [7, 11) is 0. The zero-order chi connectivity index (χ0) is 26.2. The highest BCUT2D eigenvalue weighted by atomic mass is 79.9. The second kappa shape index (κ2) is 13.2. The van der Waals surface area contributed by atoms with Crippen molar-refractivity contribution in [3.63, 3.8) is 0 Å². The van der Waals surface area contributed by atoms with Gasteiger partial charge in [0.2, 0.25) is 11.8 Å². The second-order valence-electron chi connectivity index (χ2n) is 9.57. The summed E-state index contributed by atoms with van der Waals surface area (Å²) in [6, 6.07) is 21.0. The zero-order valence-corrected chi connectivity index (χ0v) is 23.0. The molecule has 0 heterocycles. The van der Waals surface area contributed by atoms with Crippen LogP contribution in [0.5, 0.6) is 0 Å². The molecule has 37 heavy (non-hydrogen) atoms. The molecule has 0 aliphatic heterocycles. The van der Waals surface area contributed by atoms with E-state index < -0.39 is 11.9 Å². The lowest BCUT2D eigenvalue weighted by Crippen LogP contribution is -2.53. The van der Waals surface area contributed by atoms with E-state index in [1.54, 1.807) is 11.0 Å². The molecule has 0 saturated heterocycles. The number of carbonyl (C=O) groups is 2. The lowest BCUT2D eigenvalue weighted by Gasteiger charge is -2.33. The molecule has 3 aromatic rings. The van der Waals surface area contributed by atoms with Crippen LogP contribution in [-0.2, 0) is 29.0 Å².